The molecule has 1 N–H and O–H groups in total. The Morgan fingerprint density at radius 3 is 2.29 bits per heavy atom. The number of carbonyl (C=O) groups excluding carboxylic acids is 2. The highest BCUT2D eigenvalue weighted by molar-refractivity contribution is 5.83. The van der Waals surface area contributed by atoms with Gasteiger partial charge in [-0.1, -0.05) is 50.7 Å². The molecule has 1 aromatic carbocycles. The van der Waals surface area contributed by atoms with E-state index in [1.54, 1.807) is 0 Å². The summed E-state index contributed by atoms with van der Waals surface area (Å²) in [5, 5.41) is 3.10. The van der Waals surface area contributed by atoms with Crippen LogP contribution in [0.15, 0.2) is 24.3 Å². The molecule has 0 spiro atoms. The average molecular weight is 481 g/mol. The summed E-state index contributed by atoms with van der Waals surface area (Å²) in [6.07, 6.45) is 13.2. The number of carbonyl (C=O) groups is 2. The van der Waals surface area contributed by atoms with Crippen LogP contribution in [0.5, 0.6) is 0 Å². The summed E-state index contributed by atoms with van der Waals surface area (Å²) in [5.41, 5.74) is 1.80. The molecule has 1 aromatic heterocycles. The van der Waals surface area contributed by atoms with Gasteiger partial charge in [-0.05, 0) is 57.6 Å². The van der Waals surface area contributed by atoms with Gasteiger partial charge in [0.1, 0.15) is 18.5 Å². The molecule has 3 fully saturated rings. The monoisotopic (exact) mass is 480 g/mol. The van der Waals surface area contributed by atoms with Gasteiger partial charge in [-0.15, -0.1) is 0 Å². The molecule has 2 saturated carbocycles. The number of hydrogen-bond acceptors (Lipinski definition) is 4. The van der Waals surface area contributed by atoms with Crippen molar-refractivity contribution in [3.05, 3.63) is 30.1 Å². The highest BCUT2D eigenvalue weighted by Gasteiger charge is 2.33. The summed E-state index contributed by atoms with van der Waals surface area (Å²) in [4.78, 5) is 33.9. The lowest BCUT2D eigenvalue weighted by molar-refractivity contribution is -0.138. The number of nitrogens with zero attached hydrogens (tertiary/aromatic N) is 3. The van der Waals surface area contributed by atoms with E-state index in [0.717, 1.165) is 55.4 Å². The van der Waals surface area contributed by atoms with E-state index in [-0.39, 0.29) is 30.5 Å². The van der Waals surface area contributed by atoms with Crippen molar-refractivity contribution in [2.45, 2.75) is 115 Å². The molecule has 5 rings (SSSR count). The van der Waals surface area contributed by atoms with Crippen LogP contribution in [0.4, 0.5) is 0 Å². The van der Waals surface area contributed by atoms with Crippen molar-refractivity contribution in [2.24, 2.45) is 0 Å². The second-order valence-corrected chi connectivity index (χ2v) is 10.7. The molecule has 2 aliphatic carbocycles. The minimum Gasteiger partial charge on any atom is -0.368 e. The van der Waals surface area contributed by atoms with Gasteiger partial charge in [-0.2, -0.15) is 0 Å². The van der Waals surface area contributed by atoms with Gasteiger partial charge in [0.25, 0.3) is 0 Å². The third-order valence-electron chi connectivity index (χ3n) is 8.17. The molecule has 1 saturated heterocycles. The molecule has 0 bridgehead atoms. The predicted octanol–water partition coefficient (Wildman–Crippen LogP) is 4.89. The predicted molar refractivity (Wildman–Crippen MR) is 136 cm³/mol. The second-order valence-electron chi connectivity index (χ2n) is 10.7. The summed E-state index contributed by atoms with van der Waals surface area (Å²) in [6, 6.07) is 8.36. The average Bonchev–Trinajstić information content (AvgIpc) is 3.55. The molecule has 190 valence electrons. The number of ether oxygens (including phenoxy) is 1. The number of para-hydroxylation sites is 2. The van der Waals surface area contributed by atoms with Gasteiger partial charge in [0.2, 0.25) is 11.8 Å². The quantitative estimate of drug-likeness (QED) is 0.612. The highest BCUT2D eigenvalue weighted by atomic mass is 16.5. The summed E-state index contributed by atoms with van der Waals surface area (Å²) >= 11 is 0. The van der Waals surface area contributed by atoms with Crippen LogP contribution >= 0.6 is 0 Å². The third-order valence-corrected chi connectivity index (χ3v) is 8.17. The molecular weight excluding hydrogens is 440 g/mol. The van der Waals surface area contributed by atoms with Crippen molar-refractivity contribution < 1.29 is 14.3 Å². The van der Waals surface area contributed by atoms with Crippen molar-refractivity contribution in [3.8, 4) is 0 Å². The van der Waals surface area contributed by atoms with Gasteiger partial charge in [-0.3, -0.25) is 9.59 Å². The van der Waals surface area contributed by atoms with Crippen LogP contribution in [0.1, 0.15) is 95.8 Å². The minimum atomic E-state index is -0.384. The van der Waals surface area contributed by atoms with Gasteiger partial charge in [0.05, 0.1) is 17.1 Å². The van der Waals surface area contributed by atoms with Crippen LogP contribution in [-0.4, -0.2) is 51.1 Å². The van der Waals surface area contributed by atoms with Gasteiger partial charge in [0, 0.05) is 18.7 Å². The SMILES string of the molecule is CC(NC(=O)C1CCCO1)c1nc2ccccc2n1CC(=O)N(C1CCCCC1)C1CCCCC1. The number of benzene rings is 1. The lowest BCUT2D eigenvalue weighted by Gasteiger charge is -2.42. The second kappa shape index (κ2) is 11.1. The first-order valence-corrected chi connectivity index (χ1v) is 13.8. The Labute approximate surface area is 208 Å². The molecular formula is C28H40N4O3. The van der Waals surface area contributed by atoms with E-state index in [1.807, 2.05) is 35.8 Å². The van der Waals surface area contributed by atoms with Gasteiger partial charge < -0.3 is 19.5 Å². The standard InChI is InChI=1S/C28H40N4O3/c1-20(29-28(34)25-17-10-18-35-25)27-30-23-15-8-9-16-24(23)31(27)19-26(33)32(21-11-4-2-5-12-21)22-13-6-3-7-14-22/h8-9,15-16,20-22,25H,2-7,10-14,17-19H2,1H3,(H,29,34). The van der Waals surface area contributed by atoms with E-state index in [9.17, 15) is 9.59 Å². The molecule has 7 nitrogen and oxygen atoms in total. The Balaban J connectivity index is 1.41. The summed E-state index contributed by atoms with van der Waals surface area (Å²) in [5.74, 6) is 0.843. The Morgan fingerprint density at radius 2 is 1.66 bits per heavy atom. The van der Waals surface area contributed by atoms with Crippen LogP contribution in [0.2, 0.25) is 0 Å². The molecule has 0 radical (unpaired) electrons. The van der Waals surface area contributed by atoms with Crippen LogP contribution in [-0.2, 0) is 20.9 Å². The Hall–Kier alpha value is -2.41. The summed E-state index contributed by atoms with van der Waals surface area (Å²) in [7, 11) is 0. The zero-order valence-electron chi connectivity index (χ0n) is 21.1. The fourth-order valence-electron chi connectivity index (χ4n) is 6.39. The number of hydrogen-bond donors (Lipinski definition) is 1. The van der Waals surface area contributed by atoms with E-state index in [2.05, 4.69) is 10.2 Å². The topological polar surface area (TPSA) is 76.5 Å². The number of rotatable bonds is 7. The molecule has 7 heteroatoms. The van der Waals surface area contributed by atoms with E-state index in [0.29, 0.717) is 18.7 Å². The van der Waals surface area contributed by atoms with E-state index < -0.39 is 0 Å². The number of aromatic nitrogens is 2. The maximum Gasteiger partial charge on any atom is 0.249 e. The van der Waals surface area contributed by atoms with Crippen LogP contribution in [0.3, 0.4) is 0 Å². The van der Waals surface area contributed by atoms with Crippen LogP contribution in [0.25, 0.3) is 11.0 Å². The third kappa shape index (κ3) is 5.40. The molecule has 3 aliphatic rings. The molecule has 2 heterocycles. The molecule has 1 aliphatic heterocycles. The molecule has 2 atom stereocenters. The fraction of sp³-hybridized carbons (Fsp3) is 0.679. The van der Waals surface area contributed by atoms with Crippen molar-refractivity contribution >= 4 is 22.8 Å². The van der Waals surface area contributed by atoms with Gasteiger partial charge in [0.15, 0.2) is 0 Å². The summed E-state index contributed by atoms with van der Waals surface area (Å²) < 4.78 is 7.61. The Bertz CT molecular complexity index is 998. The normalized spacial score (nSPS) is 22.8. The van der Waals surface area contributed by atoms with Crippen molar-refractivity contribution in [3.63, 3.8) is 0 Å². The largest absolute Gasteiger partial charge is 0.368 e. The summed E-state index contributed by atoms with van der Waals surface area (Å²) in [6.45, 7) is 2.86. The van der Waals surface area contributed by atoms with E-state index in [1.165, 1.54) is 38.5 Å². The van der Waals surface area contributed by atoms with E-state index >= 15 is 0 Å². The van der Waals surface area contributed by atoms with Gasteiger partial charge >= 0.3 is 0 Å². The van der Waals surface area contributed by atoms with Crippen molar-refractivity contribution in [2.75, 3.05) is 6.61 Å². The number of fused-ring (bicyclic) bond motifs is 1. The van der Waals surface area contributed by atoms with Crippen LogP contribution < -0.4 is 5.32 Å². The lowest BCUT2D eigenvalue weighted by Crippen LogP contribution is -2.50. The zero-order chi connectivity index (χ0) is 24.2. The first-order valence-electron chi connectivity index (χ1n) is 13.8. The lowest BCUT2D eigenvalue weighted by atomic mass is 9.88. The number of imidazole rings is 1. The Kier molecular flexibility index (Phi) is 7.71. The van der Waals surface area contributed by atoms with Crippen molar-refractivity contribution in [1.29, 1.82) is 0 Å². The molecule has 2 amide bonds. The Morgan fingerprint density at radius 1 is 1.00 bits per heavy atom. The zero-order valence-corrected chi connectivity index (χ0v) is 21.1. The van der Waals surface area contributed by atoms with Gasteiger partial charge in [-0.25, -0.2) is 4.98 Å². The molecule has 2 aromatic rings. The first-order chi connectivity index (χ1) is 17.1. The first kappa shape index (κ1) is 24.3. The fourth-order valence-corrected chi connectivity index (χ4v) is 6.39. The maximum absolute atomic E-state index is 14.0. The van der Waals surface area contributed by atoms with Crippen molar-refractivity contribution in [1.82, 2.24) is 19.8 Å². The van der Waals surface area contributed by atoms with E-state index in [4.69, 9.17) is 9.72 Å². The molecule has 2 unspecified atom stereocenters. The maximum atomic E-state index is 14.0. The van der Waals surface area contributed by atoms with Crippen LogP contribution in [0, 0.1) is 0 Å². The smallest absolute Gasteiger partial charge is 0.249 e. The number of amides is 2. The molecule has 35 heavy (non-hydrogen) atoms. The number of nitrogens with one attached hydrogen (secondary N) is 1. The minimum absolute atomic E-state index is 0.0917. The highest BCUT2D eigenvalue weighted by Crippen LogP contribution is 2.31.